The van der Waals surface area contributed by atoms with E-state index in [1.807, 2.05) is 13.8 Å². The van der Waals surface area contributed by atoms with Crippen LogP contribution in [0.15, 0.2) is 47.1 Å². The molecule has 0 unspecified atom stereocenters. The van der Waals surface area contributed by atoms with E-state index in [-0.39, 0.29) is 17.8 Å². The molecule has 0 radical (unpaired) electrons. The number of ether oxygens (including phenoxy) is 3. The molecule has 7 heteroatoms. The van der Waals surface area contributed by atoms with Gasteiger partial charge in [0, 0.05) is 24.5 Å². The number of hydrogen-bond acceptors (Lipinski definition) is 7. The average Bonchev–Trinajstić information content (AvgIpc) is 2.86. The van der Waals surface area contributed by atoms with Crippen LogP contribution in [-0.2, 0) is 28.6 Å². The molecule has 7 nitrogen and oxygen atoms in total. The van der Waals surface area contributed by atoms with Crippen molar-refractivity contribution in [1.82, 2.24) is 0 Å². The third kappa shape index (κ3) is 6.15. The van der Waals surface area contributed by atoms with Crippen LogP contribution in [0, 0.1) is 5.92 Å². The van der Waals surface area contributed by atoms with Crippen LogP contribution in [0.5, 0.6) is 0 Å². The number of hydrogen-bond donors (Lipinski definition) is 1. The second-order valence-electron chi connectivity index (χ2n) is 7.56. The first kappa shape index (κ1) is 22.6. The van der Waals surface area contributed by atoms with E-state index in [0.717, 1.165) is 11.1 Å². The van der Waals surface area contributed by atoms with Gasteiger partial charge in [0.05, 0.1) is 12.0 Å². The quantitative estimate of drug-likeness (QED) is 0.333. The van der Waals surface area contributed by atoms with Crippen LogP contribution >= 0.6 is 0 Å². The van der Waals surface area contributed by atoms with E-state index in [1.165, 1.54) is 13.0 Å². The van der Waals surface area contributed by atoms with Crippen molar-refractivity contribution >= 4 is 17.9 Å². The third-order valence-corrected chi connectivity index (χ3v) is 4.90. The number of aliphatic hydroxyl groups excluding tert-OH is 1. The summed E-state index contributed by atoms with van der Waals surface area (Å²) in [6, 6.07) is 0. The molecule has 0 aromatic rings. The van der Waals surface area contributed by atoms with Crippen LogP contribution in [0.2, 0.25) is 0 Å². The summed E-state index contributed by atoms with van der Waals surface area (Å²) in [5, 5.41) is 10.2. The van der Waals surface area contributed by atoms with Gasteiger partial charge in [-0.15, -0.1) is 0 Å². The fraction of sp³-hybridized carbons (Fsp3) is 0.500. The van der Waals surface area contributed by atoms with Gasteiger partial charge in [-0.3, -0.25) is 4.79 Å². The van der Waals surface area contributed by atoms with E-state index >= 15 is 0 Å². The number of esters is 3. The zero-order chi connectivity index (χ0) is 21.7. The fourth-order valence-corrected chi connectivity index (χ4v) is 3.47. The predicted octanol–water partition coefficient (Wildman–Crippen LogP) is 2.55. The van der Waals surface area contributed by atoms with Gasteiger partial charge in [0.1, 0.15) is 18.8 Å². The summed E-state index contributed by atoms with van der Waals surface area (Å²) in [6.07, 6.45) is 3.72. The number of carbonyl (C=O) groups is 3. The van der Waals surface area contributed by atoms with Gasteiger partial charge < -0.3 is 19.3 Å². The summed E-state index contributed by atoms with van der Waals surface area (Å²) in [5.74, 6) is -2.08. The van der Waals surface area contributed by atoms with Gasteiger partial charge in [-0.1, -0.05) is 23.8 Å². The van der Waals surface area contributed by atoms with Crippen molar-refractivity contribution in [3.8, 4) is 0 Å². The summed E-state index contributed by atoms with van der Waals surface area (Å²) < 4.78 is 16.0. The average molecular weight is 404 g/mol. The lowest BCUT2D eigenvalue weighted by Crippen LogP contribution is -2.34. The Labute approximate surface area is 170 Å². The number of rotatable bonds is 4. The second-order valence-corrected chi connectivity index (χ2v) is 7.56. The van der Waals surface area contributed by atoms with E-state index in [4.69, 9.17) is 14.2 Å². The van der Waals surface area contributed by atoms with Crippen molar-refractivity contribution in [2.24, 2.45) is 5.92 Å². The van der Waals surface area contributed by atoms with Crippen molar-refractivity contribution in [2.45, 2.75) is 58.8 Å². The van der Waals surface area contributed by atoms with E-state index < -0.39 is 42.1 Å². The number of carbonyl (C=O) groups excluding carboxylic acids is 3. The highest BCUT2D eigenvalue weighted by Crippen LogP contribution is 2.36. The van der Waals surface area contributed by atoms with Crippen LogP contribution in [-0.4, -0.2) is 47.9 Å². The first-order valence-electron chi connectivity index (χ1n) is 9.52. The zero-order valence-corrected chi connectivity index (χ0v) is 17.3. The first-order chi connectivity index (χ1) is 13.6. The lowest BCUT2D eigenvalue weighted by molar-refractivity contribution is -0.147. The van der Waals surface area contributed by atoms with Gasteiger partial charge in [0.15, 0.2) is 0 Å². The summed E-state index contributed by atoms with van der Waals surface area (Å²) in [6.45, 7) is 10.3. The molecule has 0 aromatic heterocycles. The molecule has 1 aliphatic carbocycles. The van der Waals surface area contributed by atoms with Gasteiger partial charge in [-0.25, -0.2) is 9.59 Å². The number of aliphatic hydroxyl groups is 1. The van der Waals surface area contributed by atoms with Crippen LogP contribution < -0.4 is 0 Å². The smallest absolute Gasteiger partial charge is 0.334 e. The molecule has 0 bridgehead atoms. The van der Waals surface area contributed by atoms with Crippen LogP contribution in [0.4, 0.5) is 0 Å². The first-order valence-corrected chi connectivity index (χ1v) is 9.52. The molecular formula is C22H28O7. The normalized spacial score (nSPS) is 31.6. The van der Waals surface area contributed by atoms with E-state index in [2.05, 4.69) is 6.58 Å². The molecule has 1 N–H and O–H groups in total. The zero-order valence-electron chi connectivity index (χ0n) is 17.3. The highest BCUT2D eigenvalue weighted by molar-refractivity contribution is 5.92. The predicted molar refractivity (Wildman–Crippen MR) is 106 cm³/mol. The van der Waals surface area contributed by atoms with E-state index in [0.29, 0.717) is 12.8 Å². The molecule has 4 atom stereocenters. The third-order valence-electron chi connectivity index (χ3n) is 4.90. The van der Waals surface area contributed by atoms with E-state index in [1.54, 1.807) is 19.1 Å². The minimum atomic E-state index is -0.700. The van der Waals surface area contributed by atoms with E-state index in [9.17, 15) is 19.5 Å². The lowest BCUT2D eigenvalue weighted by Gasteiger charge is -2.28. The molecule has 2 aliphatic rings. The van der Waals surface area contributed by atoms with Crippen molar-refractivity contribution in [1.29, 1.82) is 0 Å². The Morgan fingerprint density at radius 2 is 1.90 bits per heavy atom. The standard InChI is InChI=1S/C22H28O7/c1-12-8-17(24)9-13(2)11-19-20(15(4)22(26)29-19)18(10-12)28-21(25)14(3)6-7-27-16(5)23/h6,8,11,17-20,24H,4,7,9-10H2,1-3,5H3/b12-8+,13-11+,14-6-/t17-,18-,19-,20-/m1/s1. The topological polar surface area (TPSA) is 99.1 Å². The molecular weight excluding hydrogens is 376 g/mol. The molecule has 1 heterocycles. The van der Waals surface area contributed by atoms with Crippen molar-refractivity contribution in [3.05, 3.63) is 47.1 Å². The monoisotopic (exact) mass is 404 g/mol. The maximum absolute atomic E-state index is 12.6. The maximum atomic E-state index is 12.6. The molecule has 1 fully saturated rings. The fourth-order valence-electron chi connectivity index (χ4n) is 3.47. The minimum absolute atomic E-state index is 0.0334. The highest BCUT2D eigenvalue weighted by atomic mass is 16.6. The Morgan fingerprint density at radius 3 is 2.55 bits per heavy atom. The van der Waals surface area contributed by atoms with Gasteiger partial charge in [-0.2, -0.15) is 0 Å². The van der Waals surface area contributed by atoms with Crippen molar-refractivity contribution < 1.29 is 33.7 Å². The second kappa shape index (κ2) is 9.69. The summed E-state index contributed by atoms with van der Waals surface area (Å²) in [7, 11) is 0. The van der Waals surface area contributed by atoms with Gasteiger partial charge in [0.2, 0.25) is 0 Å². The Hall–Kier alpha value is -2.67. The molecule has 0 saturated carbocycles. The molecule has 0 spiro atoms. The van der Waals surface area contributed by atoms with Gasteiger partial charge in [-0.05, 0) is 39.3 Å². The van der Waals surface area contributed by atoms with Gasteiger partial charge >= 0.3 is 17.9 Å². The summed E-state index contributed by atoms with van der Waals surface area (Å²) in [4.78, 5) is 35.6. The Kier molecular flexibility index (Phi) is 7.56. The molecule has 0 aromatic carbocycles. The molecule has 158 valence electrons. The molecule has 0 amide bonds. The van der Waals surface area contributed by atoms with Crippen molar-refractivity contribution in [2.75, 3.05) is 6.61 Å². The minimum Gasteiger partial charge on any atom is -0.462 e. The largest absolute Gasteiger partial charge is 0.462 e. The Morgan fingerprint density at radius 1 is 1.24 bits per heavy atom. The summed E-state index contributed by atoms with van der Waals surface area (Å²) >= 11 is 0. The Bertz CT molecular complexity index is 787. The maximum Gasteiger partial charge on any atom is 0.334 e. The summed E-state index contributed by atoms with van der Waals surface area (Å²) in [5.41, 5.74) is 2.23. The van der Waals surface area contributed by atoms with Crippen LogP contribution in [0.3, 0.4) is 0 Å². The van der Waals surface area contributed by atoms with Gasteiger partial charge in [0.25, 0.3) is 0 Å². The highest BCUT2D eigenvalue weighted by Gasteiger charge is 2.44. The molecule has 29 heavy (non-hydrogen) atoms. The molecule has 2 rings (SSSR count). The SMILES string of the molecule is C=C1C(=O)O[C@@H]2/C=C(\C)C[C@H](O)/C=C(\C)C[C@@H](OC(=O)/C(C)=C\COC(C)=O)[C@@H]12. The Balaban J connectivity index is 2.29. The van der Waals surface area contributed by atoms with Crippen molar-refractivity contribution in [3.63, 3.8) is 0 Å². The van der Waals surface area contributed by atoms with Crippen LogP contribution in [0.1, 0.15) is 40.5 Å². The number of fused-ring (bicyclic) bond motifs is 1. The lowest BCUT2D eigenvalue weighted by atomic mass is 9.85. The van der Waals surface area contributed by atoms with Crippen LogP contribution in [0.25, 0.3) is 0 Å². The molecule has 1 saturated heterocycles. The molecule has 1 aliphatic heterocycles.